The van der Waals surface area contributed by atoms with E-state index in [1.54, 1.807) is 11.0 Å². The highest BCUT2D eigenvalue weighted by Gasteiger charge is 2.51. The van der Waals surface area contributed by atoms with Gasteiger partial charge in [0.2, 0.25) is 5.95 Å². The first-order valence-electron chi connectivity index (χ1n) is 9.90. The maximum atomic E-state index is 13.0. The van der Waals surface area contributed by atoms with Gasteiger partial charge in [-0.1, -0.05) is 0 Å². The van der Waals surface area contributed by atoms with Crippen molar-refractivity contribution in [1.82, 2.24) is 25.1 Å². The van der Waals surface area contributed by atoms with E-state index in [1.165, 1.54) is 13.5 Å². The molecule has 4 amide bonds. The Hall–Kier alpha value is -2.71. The number of carbonyl (C=O) groups excluding carboxylic acids is 3. The summed E-state index contributed by atoms with van der Waals surface area (Å²) in [5, 5.41) is 2.80. The molecule has 3 aliphatic heterocycles. The lowest BCUT2D eigenvalue weighted by Gasteiger charge is -2.37. The first kappa shape index (κ1) is 18.6. The van der Waals surface area contributed by atoms with Crippen molar-refractivity contribution in [2.75, 3.05) is 38.1 Å². The standard InChI is InChI=1S/C19H26N6O3/c1-13-12-14(21-17(20-13)25-8-4-3-5-9-25)15(26)24-10-6-19(7-11-24)16(27)23(2)18(28)22-19/h12H,3-11H2,1-2H3,(H,22,28). The van der Waals surface area contributed by atoms with E-state index in [4.69, 9.17) is 0 Å². The molecule has 1 N–H and O–H groups in total. The largest absolute Gasteiger partial charge is 0.341 e. The van der Waals surface area contributed by atoms with E-state index in [9.17, 15) is 14.4 Å². The van der Waals surface area contributed by atoms with Crippen molar-refractivity contribution in [3.8, 4) is 0 Å². The molecule has 0 radical (unpaired) electrons. The molecule has 3 saturated heterocycles. The third-order valence-electron chi connectivity index (χ3n) is 5.97. The van der Waals surface area contributed by atoms with Crippen LogP contribution in [0.15, 0.2) is 6.07 Å². The molecule has 0 unspecified atom stereocenters. The molecule has 3 aliphatic rings. The molecule has 0 aliphatic carbocycles. The molecule has 1 aromatic rings. The Morgan fingerprint density at radius 2 is 1.75 bits per heavy atom. The van der Waals surface area contributed by atoms with Gasteiger partial charge in [0.1, 0.15) is 11.2 Å². The highest BCUT2D eigenvalue weighted by atomic mass is 16.2. The molecular formula is C19H26N6O3. The van der Waals surface area contributed by atoms with Gasteiger partial charge in [0.25, 0.3) is 11.8 Å². The van der Waals surface area contributed by atoms with Gasteiger partial charge in [-0.25, -0.2) is 14.8 Å². The third-order valence-corrected chi connectivity index (χ3v) is 5.97. The minimum Gasteiger partial charge on any atom is -0.341 e. The fraction of sp³-hybridized carbons (Fsp3) is 0.632. The van der Waals surface area contributed by atoms with E-state index in [0.29, 0.717) is 37.6 Å². The number of carbonyl (C=O) groups is 3. The summed E-state index contributed by atoms with van der Waals surface area (Å²) >= 11 is 0. The second-order valence-corrected chi connectivity index (χ2v) is 7.91. The monoisotopic (exact) mass is 386 g/mol. The SMILES string of the molecule is Cc1cc(C(=O)N2CCC3(CC2)NC(=O)N(C)C3=O)nc(N2CCCCC2)n1. The van der Waals surface area contributed by atoms with Crippen LogP contribution in [-0.4, -0.2) is 76.4 Å². The predicted molar refractivity (Wildman–Crippen MR) is 102 cm³/mol. The van der Waals surface area contributed by atoms with Crippen LogP contribution in [0, 0.1) is 6.92 Å². The van der Waals surface area contributed by atoms with Crippen molar-refractivity contribution in [3.05, 3.63) is 17.5 Å². The number of hydrogen-bond donors (Lipinski definition) is 1. The van der Waals surface area contributed by atoms with Gasteiger partial charge in [-0.05, 0) is 45.1 Å². The van der Waals surface area contributed by atoms with Gasteiger partial charge in [0.05, 0.1) is 0 Å². The summed E-state index contributed by atoms with van der Waals surface area (Å²) in [6.07, 6.45) is 4.27. The highest BCUT2D eigenvalue weighted by molar-refractivity contribution is 6.07. The predicted octanol–water partition coefficient (Wildman–Crippen LogP) is 0.932. The molecule has 0 saturated carbocycles. The Labute approximate surface area is 164 Å². The zero-order valence-corrected chi connectivity index (χ0v) is 16.4. The van der Waals surface area contributed by atoms with E-state index in [1.807, 2.05) is 6.92 Å². The molecule has 1 aromatic heterocycles. The molecule has 1 spiro atoms. The van der Waals surface area contributed by atoms with Crippen LogP contribution in [0.25, 0.3) is 0 Å². The molecule has 0 aromatic carbocycles. The summed E-state index contributed by atoms with van der Waals surface area (Å²) in [5.41, 5.74) is 0.290. The van der Waals surface area contributed by atoms with Crippen molar-refractivity contribution < 1.29 is 14.4 Å². The highest BCUT2D eigenvalue weighted by Crippen LogP contribution is 2.29. The van der Waals surface area contributed by atoms with E-state index < -0.39 is 5.54 Å². The van der Waals surface area contributed by atoms with E-state index in [2.05, 4.69) is 20.2 Å². The van der Waals surface area contributed by atoms with Crippen molar-refractivity contribution in [3.63, 3.8) is 0 Å². The van der Waals surface area contributed by atoms with Crippen molar-refractivity contribution in [1.29, 1.82) is 0 Å². The fourth-order valence-electron chi connectivity index (χ4n) is 4.25. The second kappa shape index (κ2) is 7.03. The van der Waals surface area contributed by atoms with Crippen molar-refractivity contribution in [2.24, 2.45) is 0 Å². The van der Waals surface area contributed by atoms with Gasteiger partial charge in [-0.15, -0.1) is 0 Å². The number of imide groups is 1. The minimum atomic E-state index is -0.872. The van der Waals surface area contributed by atoms with Gasteiger partial charge in [-0.3, -0.25) is 14.5 Å². The number of nitrogens with one attached hydrogen (secondary N) is 1. The first-order chi connectivity index (χ1) is 13.4. The quantitative estimate of drug-likeness (QED) is 0.760. The van der Waals surface area contributed by atoms with Crippen LogP contribution in [0.4, 0.5) is 10.7 Å². The molecule has 0 bridgehead atoms. The summed E-state index contributed by atoms with van der Waals surface area (Å²) < 4.78 is 0. The number of aryl methyl sites for hydroxylation is 1. The smallest absolute Gasteiger partial charge is 0.324 e. The molecule has 4 heterocycles. The van der Waals surface area contributed by atoms with Crippen LogP contribution in [-0.2, 0) is 4.79 Å². The van der Waals surface area contributed by atoms with E-state index >= 15 is 0 Å². The first-order valence-corrected chi connectivity index (χ1v) is 9.90. The lowest BCUT2D eigenvalue weighted by atomic mass is 9.87. The number of rotatable bonds is 2. The number of anilines is 1. The molecule has 9 heteroatoms. The maximum absolute atomic E-state index is 13.0. The van der Waals surface area contributed by atoms with Crippen LogP contribution >= 0.6 is 0 Å². The number of likely N-dealkylation sites (tertiary alicyclic amines) is 1. The third kappa shape index (κ3) is 3.18. The van der Waals surface area contributed by atoms with Gasteiger partial charge in [0.15, 0.2) is 0 Å². The fourth-order valence-corrected chi connectivity index (χ4v) is 4.25. The number of piperidine rings is 2. The molecule has 0 atom stereocenters. The zero-order chi connectivity index (χ0) is 19.9. The summed E-state index contributed by atoms with van der Waals surface area (Å²) in [5.74, 6) is 0.259. The number of aromatic nitrogens is 2. The topological polar surface area (TPSA) is 98.7 Å². The molecule has 9 nitrogen and oxygen atoms in total. The lowest BCUT2D eigenvalue weighted by molar-refractivity contribution is -0.131. The van der Waals surface area contributed by atoms with E-state index in [0.717, 1.165) is 36.5 Å². The summed E-state index contributed by atoms with van der Waals surface area (Å²) in [7, 11) is 1.48. The molecule has 3 fully saturated rings. The second-order valence-electron chi connectivity index (χ2n) is 7.91. The number of amides is 4. The lowest BCUT2D eigenvalue weighted by Crippen LogP contribution is -2.55. The number of hydrogen-bond acceptors (Lipinski definition) is 6. The number of likely N-dealkylation sites (N-methyl/N-ethyl adjacent to an activating group) is 1. The van der Waals surface area contributed by atoms with Gasteiger partial charge in [-0.2, -0.15) is 0 Å². The number of nitrogens with zero attached hydrogens (tertiary/aromatic N) is 5. The summed E-state index contributed by atoms with van der Waals surface area (Å²) in [6.45, 7) is 4.51. The average molecular weight is 386 g/mol. The van der Waals surface area contributed by atoms with Crippen LogP contribution in [0.2, 0.25) is 0 Å². The Balaban J connectivity index is 1.48. The molecule has 28 heavy (non-hydrogen) atoms. The van der Waals surface area contributed by atoms with Gasteiger partial charge in [0, 0.05) is 38.9 Å². The number of urea groups is 1. The van der Waals surface area contributed by atoms with Crippen LogP contribution in [0.3, 0.4) is 0 Å². The van der Waals surface area contributed by atoms with Crippen LogP contribution in [0.1, 0.15) is 48.3 Å². The van der Waals surface area contributed by atoms with Crippen LogP contribution in [0.5, 0.6) is 0 Å². The zero-order valence-electron chi connectivity index (χ0n) is 16.4. The van der Waals surface area contributed by atoms with Crippen molar-refractivity contribution in [2.45, 2.75) is 44.6 Å². The summed E-state index contributed by atoms with van der Waals surface area (Å²) in [4.78, 5) is 51.3. The maximum Gasteiger partial charge on any atom is 0.324 e. The Kier molecular flexibility index (Phi) is 4.68. The molecule has 4 rings (SSSR count). The molecule has 150 valence electrons. The Morgan fingerprint density at radius 1 is 1.07 bits per heavy atom. The van der Waals surface area contributed by atoms with Gasteiger partial charge >= 0.3 is 6.03 Å². The normalized spacial score (nSPS) is 22.0. The van der Waals surface area contributed by atoms with E-state index in [-0.39, 0.29) is 17.8 Å². The van der Waals surface area contributed by atoms with Gasteiger partial charge < -0.3 is 15.1 Å². The molecular weight excluding hydrogens is 360 g/mol. The average Bonchev–Trinajstić information content (AvgIpc) is 2.92. The van der Waals surface area contributed by atoms with Crippen LogP contribution < -0.4 is 10.2 Å². The summed E-state index contributed by atoms with van der Waals surface area (Å²) in [6, 6.07) is 1.35. The van der Waals surface area contributed by atoms with Crippen molar-refractivity contribution >= 4 is 23.8 Å². The Morgan fingerprint density at radius 3 is 2.36 bits per heavy atom. The Bertz CT molecular complexity index is 812. The minimum absolute atomic E-state index is 0.149.